The Hall–Kier alpha value is -1.39. The van der Waals surface area contributed by atoms with Gasteiger partial charge in [0.1, 0.15) is 10.8 Å². The van der Waals surface area contributed by atoms with Crippen molar-refractivity contribution in [3.05, 3.63) is 34.8 Å². The van der Waals surface area contributed by atoms with Crippen LogP contribution >= 0.6 is 11.3 Å². The summed E-state index contributed by atoms with van der Waals surface area (Å²) in [5.74, 6) is 1.03. The fourth-order valence-electron chi connectivity index (χ4n) is 2.35. The van der Waals surface area contributed by atoms with E-state index < -0.39 is 0 Å². The normalized spacial score (nSPS) is 15.1. The van der Waals surface area contributed by atoms with E-state index >= 15 is 0 Å². The third kappa shape index (κ3) is 2.51. The van der Waals surface area contributed by atoms with Gasteiger partial charge in [-0.15, -0.1) is 11.3 Å². The SMILES string of the molecule is CCNC(C)c1csc(-c2ccc3c(c2)CCO3)n1. The van der Waals surface area contributed by atoms with Crippen LogP contribution in [0, 0.1) is 0 Å². The van der Waals surface area contributed by atoms with Crippen LogP contribution in [0.25, 0.3) is 10.6 Å². The number of aromatic nitrogens is 1. The van der Waals surface area contributed by atoms with E-state index in [9.17, 15) is 0 Å². The molecular formula is C15H18N2OS. The van der Waals surface area contributed by atoms with Crippen LogP contribution in [0.3, 0.4) is 0 Å². The van der Waals surface area contributed by atoms with Crippen molar-refractivity contribution in [3.8, 4) is 16.3 Å². The molecule has 0 saturated heterocycles. The summed E-state index contributed by atoms with van der Waals surface area (Å²) in [6, 6.07) is 6.69. The molecule has 1 N–H and O–H groups in total. The molecule has 2 aromatic rings. The number of benzene rings is 1. The van der Waals surface area contributed by atoms with Crippen LogP contribution in [0.15, 0.2) is 23.6 Å². The molecule has 1 aliphatic rings. The van der Waals surface area contributed by atoms with Crippen LogP contribution in [0.4, 0.5) is 0 Å². The predicted molar refractivity (Wildman–Crippen MR) is 78.8 cm³/mol. The van der Waals surface area contributed by atoms with Crippen LogP contribution in [0.2, 0.25) is 0 Å². The number of rotatable bonds is 4. The Morgan fingerprint density at radius 1 is 1.47 bits per heavy atom. The Labute approximate surface area is 117 Å². The van der Waals surface area contributed by atoms with E-state index in [1.807, 2.05) is 0 Å². The first kappa shape index (κ1) is 12.6. The van der Waals surface area contributed by atoms with Crippen molar-refractivity contribution in [1.82, 2.24) is 10.3 Å². The minimum Gasteiger partial charge on any atom is -0.493 e. The molecule has 100 valence electrons. The highest BCUT2D eigenvalue weighted by Gasteiger charge is 2.15. The highest BCUT2D eigenvalue weighted by atomic mass is 32.1. The Balaban J connectivity index is 1.86. The molecule has 1 aromatic carbocycles. The molecule has 0 bridgehead atoms. The first-order chi connectivity index (χ1) is 9.28. The number of hydrogen-bond donors (Lipinski definition) is 1. The fourth-order valence-corrected chi connectivity index (χ4v) is 3.26. The van der Waals surface area contributed by atoms with Gasteiger partial charge in [0.2, 0.25) is 0 Å². The van der Waals surface area contributed by atoms with E-state index in [2.05, 4.69) is 42.7 Å². The van der Waals surface area contributed by atoms with Crippen molar-refractivity contribution in [1.29, 1.82) is 0 Å². The first-order valence-electron chi connectivity index (χ1n) is 6.73. The van der Waals surface area contributed by atoms with Gasteiger partial charge in [-0.2, -0.15) is 0 Å². The molecule has 3 rings (SSSR count). The molecule has 0 radical (unpaired) electrons. The van der Waals surface area contributed by atoms with Gasteiger partial charge in [-0.3, -0.25) is 0 Å². The molecule has 3 nitrogen and oxygen atoms in total. The minimum atomic E-state index is 0.313. The standard InChI is InChI=1S/C15H18N2OS/c1-3-16-10(2)13-9-19-15(17-13)12-4-5-14-11(8-12)6-7-18-14/h4-5,8-10,16H,3,6-7H2,1-2H3. The quantitative estimate of drug-likeness (QED) is 0.927. The van der Waals surface area contributed by atoms with Gasteiger partial charge in [-0.1, -0.05) is 6.92 Å². The zero-order valence-electron chi connectivity index (χ0n) is 11.3. The lowest BCUT2D eigenvalue weighted by Gasteiger charge is -2.08. The Kier molecular flexibility index (Phi) is 3.53. The molecule has 4 heteroatoms. The van der Waals surface area contributed by atoms with Crippen molar-refractivity contribution in [3.63, 3.8) is 0 Å². The first-order valence-corrected chi connectivity index (χ1v) is 7.61. The Bertz CT molecular complexity index is 579. The maximum atomic E-state index is 5.54. The summed E-state index contributed by atoms with van der Waals surface area (Å²) < 4.78 is 5.54. The second kappa shape index (κ2) is 5.31. The smallest absolute Gasteiger partial charge is 0.123 e. The van der Waals surface area contributed by atoms with E-state index in [0.29, 0.717) is 6.04 Å². The van der Waals surface area contributed by atoms with Gasteiger partial charge >= 0.3 is 0 Å². The van der Waals surface area contributed by atoms with Crippen molar-refractivity contribution in [2.45, 2.75) is 26.3 Å². The topological polar surface area (TPSA) is 34.1 Å². The largest absolute Gasteiger partial charge is 0.493 e. The van der Waals surface area contributed by atoms with Gasteiger partial charge in [0.25, 0.3) is 0 Å². The zero-order valence-corrected chi connectivity index (χ0v) is 12.1. The molecule has 0 aliphatic carbocycles. The molecule has 0 saturated carbocycles. The number of hydrogen-bond acceptors (Lipinski definition) is 4. The minimum absolute atomic E-state index is 0.313. The predicted octanol–water partition coefficient (Wildman–Crippen LogP) is 3.42. The summed E-state index contributed by atoms with van der Waals surface area (Å²) in [5, 5.41) is 6.63. The number of ether oxygens (including phenoxy) is 1. The Morgan fingerprint density at radius 3 is 3.21 bits per heavy atom. The number of nitrogens with zero attached hydrogens (tertiary/aromatic N) is 1. The number of nitrogens with one attached hydrogen (secondary N) is 1. The second-order valence-electron chi connectivity index (χ2n) is 4.78. The lowest BCUT2D eigenvalue weighted by atomic mass is 10.1. The zero-order chi connectivity index (χ0) is 13.2. The molecule has 0 amide bonds. The monoisotopic (exact) mass is 274 g/mol. The number of fused-ring (bicyclic) bond motifs is 1. The molecule has 1 aliphatic heterocycles. The number of thiazole rings is 1. The molecule has 0 fully saturated rings. The summed E-state index contributed by atoms with van der Waals surface area (Å²) in [4.78, 5) is 4.74. The highest BCUT2D eigenvalue weighted by molar-refractivity contribution is 7.13. The van der Waals surface area contributed by atoms with Gasteiger partial charge in [-0.05, 0) is 37.2 Å². The van der Waals surface area contributed by atoms with Crippen LogP contribution in [0.5, 0.6) is 5.75 Å². The maximum absolute atomic E-state index is 5.54. The third-order valence-electron chi connectivity index (χ3n) is 3.41. The van der Waals surface area contributed by atoms with Crippen molar-refractivity contribution in [2.75, 3.05) is 13.2 Å². The van der Waals surface area contributed by atoms with E-state index in [-0.39, 0.29) is 0 Å². The molecule has 2 heterocycles. The van der Waals surface area contributed by atoms with Crippen molar-refractivity contribution in [2.24, 2.45) is 0 Å². The van der Waals surface area contributed by atoms with Crippen LogP contribution in [-0.2, 0) is 6.42 Å². The van der Waals surface area contributed by atoms with E-state index in [1.54, 1.807) is 11.3 Å². The van der Waals surface area contributed by atoms with E-state index in [0.717, 1.165) is 36.0 Å². The van der Waals surface area contributed by atoms with Crippen LogP contribution < -0.4 is 10.1 Å². The van der Waals surface area contributed by atoms with Gasteiger partial charge in [0.15, 0.2) is 0 Å². The van der Waals surface area contributed by atoms with Gasteiger partial charge < -0.3 is 10.1 Å². The summed E-state index contributed by atoms with van der Waals surface area (Å²) in [6.45, 7) is 6.03. The van der Waals surface area contributed by atoms with Crippen LogP contribution in [0.1, 0.15) is 31.1 Å². The average molecular weight is 274 g/mol. The lowest BCUT2D eigenvalue weighted by molar-refractivity contribution is 0.357. The van der Waals surface area contributed by atoms with Gasteiger partial charge in [-0.25, -0.2) is 4.98 Å². The summed E-state index contributed by atoms with van der Waals surface area (Å²) in [7, 11) is 0. The average Bonchev–Trinajstić information content (AvgIpc) is 3.07. The fraction of sp³-hybridized carbons (Fsp3) is 0.400. The molecule has 19 heavy (non-hydrogen) atoms. The molecule has 1 atom stereocenters. The lowest BCUT2D eigenvalue weighted by Crippen LogP contribution is -2.17. The van der Waals surface area contributed by atoms with E-state index in [1.165, 1.54) is 11.1 Å². The molecule has 0 spiro atoms. The van der Waals surface area contributed by atoms with E-state index in [4.69, 9.17) is 9.72 Å². The van der Waals surface area contributed by atoms with Crippen LogP contribution in [-0.4, -0.2) is 18.1 Å². The summed E-state index contributed by atoms with van der Waals surface area (Å²) >= 11 is 1.71. The molecular weight excluding hydrogens is 256 g/mol. The summed E-state index contributed by atoms with van der Waals surface area (Å²) in [6.07, 6.45) is 1.01. The second-order valence-corrected chi connectivity index (χ2v) is 5.64. The van der Waals surface area contributed by atoms with Crippen molar-refractivity contribution >= 4 is 11.3 Å². The van der Waals surface area contributed by atoms with Gasteiger partial charge in [0, 0.05) is 23.4 Å². The van der Waals surface area contributed by atoms with Gasteiger partial charge in [0.05, 0.1) is 12.3 Å². The maximum Gasteiger partial charge on any atom is 0.123 e. The molecule has 1 aromatic heterocycles. The third-order valence-corrected chi connectivity index (χ3v) is 4.32. The Morgan fingerprint density at radius 2 is 2.37 bits per heavy atom. The highest BCUT2D eigenvalue weighted by Crippen LogP contribution is 2.32. The molecule has 1 unspecified atom stereocenters. The van der Waals surface area contributed by atoms with Crippen molar-refractivity contribution < 1.29 is 4.74 Å². The summed E-state index contributed by atoms with van der Waals surface area (Å²) in [5.41, 5.74) is 3.62.